The molecule has 5 nitrogen and oxygen atoms in total. The van der Waals surface area contributed by atoms with Crippen LogP contribution in [-0.4, -0.2) is 28.3 Å². The van der Waals surface area contributed by atoms with Crippen LogP contribution in [0.15, 0.2) is 41.3 Å². The van der Waals surface area contributed by atoms with E-state index < -0.39 is 0 Å². The van der Waals surface area contributed by atoms with Crippen molar-refractivity contribution in [3.05, 3.63) is 63.0 Å². The van der Waals surface area contributed by atoms with Crippen molar-refractivity contribution in [3.63, 3.8) is 0 Å². The molecule has 2 aromatic rings. The topological polar surface area (TPSA) is 66.8 Å². The Morgan fingerprint density at radius 3 is 2.58 bits per heavy atom. The van der Waals surface area contributed by atoms with Gasteiger partial charge in [-0.3, -0.25) is 14.5 Å². The van der Waals surface area contributed by atoms with Crippen LogP contribution in [0.5, 0.6) is 11.5 Å². The summed E-state index contributed by atoms with van der Waals surface area (Å²) in [7, 11) is 1.41. The lowest BCUT2D eigenvalue weighted by Gasteiger charge is -2.12. The Morgan fingerprint density at radius 1 is 1.23 bits per heavy atom. The van der Waals surface area contributed by atoms with Gasteiger partial charge in [-0.2, -0.15) is 0 Å². The van der Waals surface area contributed by atoms with Gasteiger partial charge in [0, 0.05) is 0 Å². The van der Waals surface area contributed by atoms with Gasteiger partial charge in [-0.15, -0.1) is 0 Å². The number of thioether (sulfide) groups is 1. The number of nitrogens with zero attached hydrogens (tertiary/aromatic N) is 1. The minimum absolute atomic E-state index is 0.106. The van der Waals surface area contributed by atoms with Crippen molar-refractivity contribution in [2.75, 3.05) is 7.11 Å². The number of hydrogen-bond donors (Lipinski definition) is 1. The number of carbonyl (C=O) groups is 2. The summed E-state index contributed by atoms with van der Waals surface area (Å²) < 4.78 is 5.06. The molecule has 134 valence electrons. The minimum atomic E-state index is -0.358. The first-order chi connectivity index (χ1) is 12.4. The molecule has 7 heteroatoms. The zero-order valence-corrected chi connectivity index (χ0v) is 15.7. The van der Waals surface area contributed by atoms with Crippen molar-refractivity contribution in [3.8, 4) is 11.5 Å². The molecule has 26 heavy (non-hydrogen) atoms. The summed E-state index contributed by atoms with van der Waals surface area (Å²) in [4.78, 5) is 26.3. The summed E-state index contributed by atoms with van der Waals surface area (Å²) >= 11 is 6.84. The maximum atomic E-state index is 12.6. The first-order valence-corrected chi connectivity index (χ1v) is 8.96. The van der Waals surface area contributed by atoms with E-state index >= 15 is 0 Å². The summed E-state index contributed by atoms with van der Waals surface area (Å²) in [5, 5.41) is 9.58. The van der Waals surface area contributed by atoms with Gasteiger partial charge < -0.3 is 9.84 Å². The Hall–Kier alpha value is -2.44. The zero-order valence-electron chi connectivity index (χ0n) is 14.2. The molecule has 0 unspecified atom stereocenters. The molecule has 0 saturated carbocycles. The average Bonchev–Trinajstić information content (AvgIpc) is 2.87. The van der Waals surface area contributed by atoms with Crippen molar-refractivity contribution < 1.29 is 19.4 Å². The number of aryl methyl sites for hydroxylation is 1. The SMILES string of the molecule is COc1cc(/C=C2\SC(=O)N(Cc3ccc(C)cc3)C2=O)cc(Cl)c1O. The highest BCUT2D eigenvalue weighted by Gasteiger charge is 2.35. The van der Waals surface area contributed by atoms with E-state index in [1.54, 1.807) is 12.1 Å². The summed E-state index contributed by atoms with van der Waals surface area (Å²) in [5.41, 5.74) is 2.56. The van der Waals surface area contributed by atoms with Gasteiger partial charge in [-0.25, -0.2) is 0 Å². The second-order valence-corrected chi connectivity index (χ2v) is 7.21. The Labute approximate surface area is 160 Å². The molecule has 0 bridgehead atoms. The number of amides is 2. The van der Waals surface area contributed by atoms with Crippen LogP contribution in [-0.2, 0) is 11.3 Å². The molecule has 0 atom stereocenters. The molecule has 3 rings (SSSR count). The van der Waals surface area contributed by atoms with E-state index in [0.717, 1.165) is 22.9 Å². The lowest BCUT2D eigenvalue weighted by Crippen LogP contribution is -2.27. The predicted octanol–water partition coefficient (Wildman–Crippen LogP) is 4.60. The third-order valence-electron chi connectivity index (χ3n) is 3.90. The number of imide groups is 1. The fourth-order valence-corrected chi connectivity index (χ4v) is 3.55. The number of rotatable bonds is 4. The standard InChI is InChI=1S/C19H16ClNO4S/c1-11-3-5-12(6-4-11)10-21-18(23)16(26-19(21)24)9-13-7-14(20)17(22)15(8-13)25-2/h3-9,22H,10H2,1-2H3/b16-9-. The van der Waals surface area contributed by atoms with Crippen molar-refractivity contribution in [2.24, 2.45) is 0 Å². The number of halogens is 1. The largest absolute Gasteiger partial charge is 0.503 e. The van der Waals surface area contributed by atoms with Crippen molar-refractivity contribution in [1.82, 2.24) is 4.90 Å². The smallest absolute Gasteiger partial charge is 0.293 e. The van der Waals surface area contributed by atoms with Crippen molar-refractivity contribution in [1.29, 1.82) is 0 Å². The van der Waals surface area contributed by atoms with Gasteiger partial charge in [0.25, 0.3) is 11.1 Å². The molecule has 0 spiro atoms. The molecule has 0 radical (unpaired) electrons. The van der Waals surface area contributed by atoms with Crippen LogP contribution in [0.2, 0.25) is 5.02 Å². The number of carbonyl (C=O) groups excluding carboxylic acids is 2. The molecule has 1 heterocycles. The molecule has 2 amide bonds. The molecule has 1 N–H and O–H groups in total. The lowest BCUT2D eigenvalue weighted by molar-refractivity contribution is -0.123. The number of aromatic hydroxyl groups is 1. The van der Waals surface area contributed by atoms with Gasteiger partial charge >= 0.3 is 0 Å². The van der Waals surface area contributed by atoms with E-state index in [1.165, 1.54) is 18.1 Å². The van der Waals surface area contributed by atoms with Gasteiger partial charge in [0.1, 0.15) is 0 Å². The van der Waals surface area contributed by atoms with Gasteiger partial charge in [-0.05, 0) is 48.0 Å². The monoisotopic (exact) mass is 389 g/mol. The van der Waals surface area contributed by atoms with Crippen LogP contribution in [0.25, 0.3) is 6.08 Å². The number of phenols is 1. The summed E-state index contributed by atoms with van der Waals surface area (Å²) in [6.45, 7) is 2.20. The molecule has 1 aliphatic rings. The van der Waals surface area contributed by atoms with Crippen molar-refractivity contribution in [2.45, 2.75) is 13.5 Å². The fourth-order valence-electron chi connectivity index (χ4n) is 2.50. The molecule has 2 aromatic carbocycles. The summed E-state index contributed by atoms with van der Waals surface area (Å²) in [5.74, 6) is -0.329. The molecule has 0 aliphatic carbocycles. The number of benzene rings is 2. The molecule has 1 fully saturated rings. The van der Waals surface area contributed by atoms with E-state index in [2.05, 4.69) is 0 Å². The fraction of sp³-hybridized carbons (Fsp3) is 0.158. The second kappa shape index (κ2) is 7.43. The Morgan fingerprint density at radius 2 is 1.92 bits per heavy atom. The average molecular weight is 390 g/mol. The predicted molar refractivity (Wildman–Crippen MR) is 102 cm³/mol. The molecular formula is C19H16ClNO4S. The first-order valence-electron chi connectivity index (χ1n) is 7.76. The highest BCUT2D eigenvalue weighted by Crippen LogP contribution is 2.38. The lowest BCUT2D eigenvalue weighted by atomic mass is 10.1. The van der Waals surface area contributed by atoms with E-state index in [4.69, 9.17) is 16.3 Å². The second-order valence-electron chi connectivity index (χ2n) is 5.81. The Kier molecular flexibility index (Phi) is 5.25. The van der Waals surface area contributed by atoms with Gasteiger partial charge in [0.15, 0.2) is 11.5 Å². The number of ether oxygens (including phenoxy) is 1. The van der Waals surface area contributed by atoms with E-state index in [1.807, 2.05) is 31.2 Å². The molecular weight excluding hydrogens is 374 g/mol. The summed E-state index contributed by atoms with van der Waals surface area (Å²) in [6.07, 6.45) is 1.56. The van der Waals surface area contributed by atoms with E-state index in [0.29, 0.717) is 10.5 Å². The maximum Gasteiger partial charge on any atom is 0.293 e. The van der Waals surface area contributed by atoms with Gasteiger partial charge in [-0.1, -0.05) is 41.4 Å². The van der Waals surface area contributed by atoms with Gasteiger partial charge in [0.05, 0.1) is 23.6 Å². The highest BCUT2D eigenvalue weighted by molar-refractivity contribution is 8.18. The van der Waals surface area contributed by atoms with Crippen molar-refractivity contribution >= 4 is 40.6 Å². The molecule has 0 aromatic heterocycles. The van der Waals surface area contributed by atoms with Crippen LogP contribution >= 0.6 is 23.4 Å². The van der Waals surface area contributed by atoms with E-state index in [-0.39, 0.29) is 34.2 Å². The quantitative estimate of drug-likeness (QED) is 0.774. The third kappa shape index (κ3) is 3.71. The Bertz CT molecular complexity index is 909. The molecule has 1 saturated heterocycles. The highest BCUT2D eigenvalue weighted by atomic mass is 35.5. The van der Waals surface area contributed by atoms with Crippen LogP contribution in [0.4, 0.5) is 4.79 Å². The third-order valence-corrected chi connectivity index (χ3v) is 5.10. The molecule has 1 aliphatic heterocycles. The number of methoxy groups -OCH3 is 1. The van der Waals surface area contributed by atoms with Crippen LogP contribution in [0.1, 0.15) is 16.7 Å². The zero-order chi connectivity index (χ0) is 18.8. The summed E-state index contributed by atoms with van der Waals surface area (Å²) in [6, 6.07) is 10.7. The van der Waals surface area contributed by atoms with Crippen LogP contribution in [0.3, 0.4) is 0 Å². The Balaban J connectivity index is 1.85. The van der Waals surface area contributed by atoms with Crippen LogP contribution < -0.4 is 4.74 Å². The maximum absolute atomic E-state index is 12.6. The van der Waals surface area contributed by atoms with Crippen LogP contribution in [0, 0.1) is 6.92 Å². The number of phenolic OH excluding ortho intramolecular Hbond substituents is 1. The minimum Gasteiger partial charge on any atom is -0.503 e. The van der Waals surface area contributed by atoms with Gasteiger partial charge in [0.2, 0.25) is 0 Å². The normalized spacial score (nSPS) is 15.8. The first kappa shape index (κ1) is 18.4. The number of hydrogen-bond acceptors (Lipinski definition) is 5. The van der Waals surface area contributed by atoms with E-state index in [9.17, 15) is 14.7 Å².